The van der Waals surface area contributed by atoms with Crippen LogP contribution in [0.5, 0.6) is 5.75 Å². The van der Waals surface area contributed by atoms with E-state index in [9.17, 15) is 9.90 Å². The summed E-state index contributed by atoms with van der Waals surface area (Å²) in [7, 11) is 0. The number of benzene rings is 2. The van der Waals surface area contributed by atoms with E-state index in [0.29, 0.717) is 17.2 Å². The third-order valence-electron chi connectivity index (χ3n) is 3.19. The average Bonchev–Trinajstić information content (AvgIpc) is 2.46. The van der Waals surface area contributed by atoms with Gasteiger partial charge in [-0.25, -0.2) is 4.79 Å². The van der Waals surface area contributed by atoms with Gasteiger partial charge in [-0.15, -0.1) is 0 Å². The van der Waals surface area contributed by atoms with E-state index in [0.717, 1.165) is 16.9 Å². The molecule has 114 valence electrons. The van der Waals surface area contributed by atoms with Crippen LogP contribution in [0.3, 0.4) is 0 Å². The number of carbonyl (C=O) groups is 1. The van der Waals surface area contributed by atoms with Crippen molar-refractivity contribution < 1.29 is 14.6 Å². The standard InChI is InChI=1S/C18H17ClO3/c1-3-22-15-7-8-16(12(2)9-15)17(18(20)21)11-13-5-4-6-14(19)10-13/h4-11H,3H2,1-2H3,(H,20,21)/b17-11-. The van der Waals surface area contributed by atoms with E-state index in [1.165, 1.54) is 0 Å². The van der Waals surface area contributed by atoms with Crippen LogP contribution < -0.4 is 4.74 Å². The third-order valence-corrected chi connectivity index (χ3v) is 3.42. The first-order valence-corrected chi connectivity index (χ1v) is 7.33. The maximum absolute atomic E-state index is 11.6. The first kappa shape index (κ1) is 16.1. The summed E-state index contributed by atoms with van der Waals surface area (Å²) >= 11 is 5.95. The predicted octanol–water partition coefficient (Wildman–Crippen LogP) is 4.67. The van der Waals surface area contributed by atoms with Crippen LogP contribution in [0.4, 0.5) is 0 Å². The van der Waals surface area contributed by atoms with Gasteiger partial charge in [0, 0.05) is 5.02 Å². The summed E-state index contributed by atoms with van der Waals surface area (Å²) in [4.78, 5) is 11.6. The van der Waals surface area contributed by atoms with Crippen LogP contribution in [0.2, 0.25) is 5.02 Å². The van der Waals surface area contributed by atoms with Crippen molar-refractivity contribution in [1.29, 1.82) is 0 Å². The van der Waals surface area contributed by atoms with Crippen molar-refractivity contribution >= 4 is 29.2 Å². The van der Waals surface area contributed by atoms with Crippen molar-refractivity contribution in [2.24, 2.45) is 0 Å². The molecule has 0 radical (unpaired) electrons. The number of hydrogen-bond acceptors (Lipinski definition) is 2. The van der Waals surface area contributed by atoms with Crippen molar-refractivity contribution in [3.05, 3.63) is 64.2 Å². The summed E-state index contributed by atoms with van der Waals surface area (Å²) in [5.41, 5.74) is 2.48. The minimum Gasteiger partial charge on any atom is -0.494 e. The van der Waals surface area contributed by atoms with Crippen molar-refractivity contribution in [2.45, 2.75) is 13.8 Å². The molecule has 0 saturated carbocycles. The fraction of sp³-hybridized carbons (Fsp3) is 0.167. The molecule has 0 fully saturated rings. The minimum atomic E-state index is -0.979. The van der Waals surface area contributed by atoms with E-state index in [2.05, 4.69) is 0 Å². The van der Waals surface area contributed by atoms with Gasteiger partial charge < -0.3 is 9.84 Å². The smallest absolute Gasteiger partial charge is 0.336 e. The normalized spacial score (nSPS) is 11.3. The van der Waals surface area contributed by atoms with Gasteiger partial charge in [-0.05, 0) is 60.9 Å². The lowest BCUT2D eigenvalue weighted by atomic mass is 9.98. The number of rotatable bonds is 5. The fourth-order valence-corrected chi connectivity index (χ4v) is 2.41. The lowest BCUT2D eigenvalue weighted by molar-refractivity contribution is -0.130. The summed E-state index contributed by atoms with van der Waals surface area (Å²) in [5, 5.41) is 10.1. The molecule has 0 amide bonds. The molecular formula is C18H17ClO3. The van der Waals surface area contributed by atoms with Crippen LogP contribution in [0, 0.1) is 6.92 Å². The summed E-state index contributed by atoms with van der Waals surface area (Å²) in [6.07, 6.45) is 1.62. The van der Waals surface area contributed by atoms with Gasteiger partial charge in [0.05, 0.1) is 12.2 Å². The SMILES string of the molecule is CCOc1ccc(/C(=C/c2cccc(Cl)c2)C(=O)O)c(C)c1. The van der Waals surface area contributed by atoms with Gasteiger partial charge in [0.15, 0.2) is 0 Å². The Bertz CT molecular complexity index is 720. The van der Waals surface area contributed by atoms with Crippen LogP contribution in [-0.2, 0) is 4.79 Å². The van der Waals surface area contributed by atoms with E-state index in [1.807, 2.05) is 26.0 Å². The summed E-state index contributed by atoms with van der Waals surface area (Å²) < 4.78 is 5.43. The maximum Gasteiger partial charge on any atom is 0.336 e. The average molecular weight is 317 g/mol. The second kappa shape index (κ2) is 7.14. The van der Waals surface area contributed by atoms with Crippen LogP contribution in [0.25, 0.3) is 11.6 Å². The molecule has 2 aromatic rings. The molecule has 2 aromatic carbocycles. The molecule has 1 N–H and O–H groups in total. The fourth-order valence-electron chi connectivity index (χ4n) is 2.21. The van der Waals surface area contributed by atoms with Crippen LogP contribution in [0.15, 0.2) is 42.5 Å². The molecule has 4 heteroatoms. The highest BCUT2D eigenvalue weighted by Crippen LogP contribution is 2.26. The van der Waals surface area contributed by atoms with E-state index >= 15 is 0 Å². The van der Waals surface area contributed by atoms with E-state index in [-0.39, 0.29) is 5.57 Å². The Morgan fingerprint density at radius 3 is 2.64 bits per heavy atom. The van der Waals surface area contributed by atoms with Gasteiger partial charge in [0.1, 0.15) is 5.75 Å². The molecule has 0 aromatic heterocycles. The Balaban J connectivity index is 2.46. The highest BCUT2D eigenvalue weighted by molar-refractivity contribution is 6.30. The number of halogens is 1. The second-order valence-corrected chi connectivity index (χ2v) is 5.26. The van der Waals surface area contributed by atoms with Gasteiger partial charge >= 0.3 is 5.97 Å². The molecule has 0 saturated heterocycles. The number of carboxylic acid groups (broad SMARTS) is 1. The first-order chi connectivity index (χ1) is 10.5. The van der Waals surface area contributed by atoms with Gasteiger partial charge in [0.2, 0.25) is 0 Å². The van der Waals surface area contributed by atoms with Crippen molar-refractivity contribution in [1.82, 2.24) is 0 Å². The maximum atomic E-state index is 11.6. The molecule has 0 atom stereocenters. The lowest BCUT2D eigenvalue weighted by Gasteiger charge is -2.10. The molecule has 0 aliphatic rings. The van der Waals surface area contributed by atoms with Gasteiger partial charge in [0.25, 0.3) is 0 Å². The van der Waals surface area contributed by atoms with Crippen molar-refractivity contribution in [3.63, 3.8) is 0 Å². The summed E-state index contributed by atoms with van der Waals surface area (Å²) in [6, 6.07) is 12.5. The molecule has 2 rings (SSSR count). The number of aryl methyl sites for hydroxylation is 1. The second-order valence-electron chi connectivity index (χ2n) is 4.83. The van der Waals surface area contributed by atoms with Gasteiger partial charge in [-0.2, -0.15) is 0 Å². The Labute approximate surface area is 134 Å². The van der Waals surface area contributed by atoms with Crippen LogP contribution in [-0.4, -0.2) is 17.7 Å². The molecule has 22 heavy (non-hydrogen) atoms. The van der Waals surface area contributed by atoms with Gasteiger partial charge in [-0.1, -0.05) is 29.8 Å². The third kappa shape index (κ3) is 3.89. The molecule has 0 aliphatic heterocycles. The zero-order chi connectivity index (χ0) is 16.1. The first-order valence-electron chi connectivity index (χ1n) is 6.95. The monoisotopic (exact) mass is 316 g/mol. The molecule has 3 nitrogen and oxygen atoms in total. The topological polar surface area (TPSA) is 46.5 Å². The Hall–Kier alpha value is -2.26. The van der Waals surface area contributed by atoms with Crippen LogP contribution in [0.1, 0.15) is 23.6 Å². The quantitative estimate of drug-likeness (QED) is 0.644. The summed E-state index contributed by atoms with van der Waals surface area (Å²) in [6.45, 7) is 4.35. The van der Waals surface area contributed by atoms with Gasteiger partial charge in [-0.3, -0.25) is 0 Å². The van der Waals surface area contributed by atoms with Crippen molar-refractivity contribution in [3.8, 4) is 5.75 Å². The van der Waals surface area contributed by atoms with E-state index in [4.69, 9.17) is 16.3 Å². The highest BCUT2D eigenvalue weighted by Gasteiger charge is 2.13. The largest absolute Gasteiger partial charge is 0.494 e. The Morgan fingerprint density at radius 2 is 2.05 bits per heavy atom. The minimum absolute atomic E-state index is 0.225. The number of carboxylic acids is 1. The number of hydrogen-bond donors (Lipinski definition) is 1. The molecule has 0 aliphatic carbocycles. The molecule has 0 heterocycles. The Kier molecular flexibility index (Phi) is 5.23. The molecule has 0 unspecified atom stereocenters. The van der Waals surface area contributed by atoms with E-state index in [1.54, 1.807) is 36.4 Å². The zero-order valence-corrected chi connectivity index (χ0v) is 13.2. The zero-order valence-electron chi connectivity index (χ0n) is 12.5. The van der Waals surface area contributed by atoms with Crippen molar-refractivity contribution in [2.75, 3.05) is 6.61 Å². The predicted molar refractivity (Wildman–Crippen MR) is 89.3 cm³/mol. The highest BCUT2D eigenvalue weighted by atomic mass is 35.5. The lowest BCUT2D eigenvalue weighted by Crippen LogP contribution is -2.02. The Morgan fingerprint density at radius 1 is 1.27 bits per heavy atom. The molecular weight excluding hydrogens is 300 g/mol. The van der Waals surface area contributed by atoms with Crippen LogP contribution >= 0.6 is 11.6 Å². The molecule has 0 bridgehead atoms. The summed E-state index contributed by atoms with van der Waals surface area (Å²) in [5.74, 6) is -0.247. The van der Waals surface area contributed by atoms with E-state index < -0.39 is 5.97 Å². The number of ether oxygens (including phenoxy) is 1. The number of aliphatic carboxylic acids is 1. The molecule has 0 spiro atoms.